The minimum absolute atomic E-state index is 0.117. The van der Waals surface area contributed by atoms with Crippen LogP contribution in [0, 0.1) is 13.8 Å². The van der Waals surface area contributed by atoms with Crippen LogP contribution in [0.4, 0.5) is 5.69 Å². The summed E-state index contributed by atoms with van der Waals surface area (Å²) < 4.78 is 3.48. The number of carbonyl (C=O) groups excluding carboxylic acids is 1. The van der Waals surface area contributed by atoms with Gasteiger partial charge in [-0.25, -0.2) is 0 Å². The summed E-state index contributed by atoms with van der Waals surface area (Å²) in [6.07, 6.45) is 7.10. The lowest BCUT2D eigenvalue weighted by Gasteiger charge is -2.11. The molecule has 6 heteroatoms. The maximum Gasteiger partial charge on any atom is 0.249 e. The maximum atomic E-state index is 12.3. The van der Waals surface area contributed by atoms with Gasteiger partial charge in [0.1, 0.15) is 6.04 Å². The van der Waals surface area contributed by atoms with Crippen LogP contribution in [-0.2, 0) is 11.3 Å². The fourth-order valence-corrected chi connectivity index (χ4v) is 2.49. The van der Waals surface area contributed by atoms with Crippen molar-refractivity contribution in [2.75, 3.05) is 5.32 Å². The van der Waals surface area contributed by atoms with E-state index in [2.05, 4.69) is 34.6 Å². The van der Waals surface area contributed by atoms with Gasteiger partial charge in [-0.2, -0.15) is 10.2 Å². The fraction of sp³-hybridized carbons (Fsp3) is 0.278. The summed E-state index contributed by atoms with van der Waals surface area (Å²) in [5.74, 6) is -0.117. The molecule has 0 aliphatic heterocycles. The number of nitrogens with one attached hydrogen (secondary N) is 1. The van der Waals surface area contributed by atoms with Crippen molar-refractivity contribution >= 4 is 11.6 Å². The molecule has 0 saturated heterocycles. The van der Waals surface area contributed by atoms with Crippen LogP contribution in [0.3, 0.4) is 0 Å². The molecule has 0 aliphatic carbocycles. The van der Waals surface area contributed by atoms with Gasteiger partial charge < -0.3 is 5.32 Å². The number of nitrogens with zero attached hydrogens (tertiary/aromatic N) is 4. The summed E-state index contributed by atoms with van der Waals surface area (Å²) in [4.78, 5) is 12.3. The zero-order valence-corrected chi connectivity index (χ0v) is 14.1. The van der Waals surface area contributed by atoms with Gasteiger partial charge in [0.25, 0.3) is 0 Å². The summed E-state index contributed by atoms with van der Waals surface area (Å²) in [6, 6.07) is 7.82. The van der Waals surface area contributed by atoms with E-state index in [1.165, 1.54) is 11.1 Å². The van der Waals surface area contributed by atoms with Crippen LogP contribution in [-0.4, -0.2) is 25.5 Å². The van der Waals surface area contributed by atoms with Crippen molar-refractivity contribution in [3.05, 3.63) is 65.7 Å². The molecule has 1 N–H and O–H groups in total. The second kappa shape index (κ2) is 6.70. The first kappa shape index (κ1) is 16.0. The third-order valence-electron chi connectivity index (χ3n) is 4.00. The van der Waals surface area contributed by atoms with Gasteiger partial charge in [0.15, 0.2) is 0 Å². The van der Waals surface area contributed by atoms with Crippen LogP contribution in [0.5, 0.6) is 0 Å². The monoisotopic (exact) mass is 323 g/mol. The first-order chi connectivity index (χ1) is 11.5. The van der Waals surface area contributed by atoms with Gasteiger partial charge >= 0.3 is 0 Å². The van der Waals surface area contributed by atoms with Crippen LogP contribution in [0.1, 0.15) is 29.7 Å². The smallest absolute Gasteiger partial charge is 0.249 e. The van der Waals surface area contributed by atoms with Crippen molar-refractivity contribution in [1.82, 2.24) is 19.6 Å². The molecular weight excluding hydrogens is 302 g/mol. The van der Waals surface area contributed by atoms with Gasteiger partial charge in [0.2, 0.25) is 5.91 Å². The molecule has 2 heterocycles. The minimum Gasteiger partial charge on any atom is -0.322 e. The van der Waals surface area contributed by atoms with E-state index in [0.717, 1.165) is 5.56 Å². The van der Waals surface area contributed by atoms with E-state index in [0.29, 0.717) is 12.2 Å². The van der Waals surface area contributed by atoms with Gasteiger partial charge in [0.05, 0.1) is 24.6 Å². The van der Waals surface area contributed by atoms with Crippen LogP contribution in [0.2, 0.25) is 0 Å². The van der Waals surface area contributed by atoms with Crippen molar-refractivity contribution in [1.29, 1.82) is 0 Å². The van der Waals surface area contributed by atoms with E-state index in [-0.39, 0.29) is 11.9 Å². The summed E-state index contributed by atoms with van der Waals surface area (Å²) in [5, 5.41) is 11.4. The first-order valence-corrected chi connectivity index (χ1v) is 7.91. The molecule has 24 heavy (non-hydrogen) atoms. The number of amides is 1. The van der Waals surface area contributed by atoms with E-state index in [1.54, 1.807) is 17.1 Å². The Balaban J connectivity index is 1.65. The van der Waals surface area contributed by atoms with E-state index < -0.39 is 0 Å². The van der Waals surface area contributed by atoms with Gasteiger partial charge in [-0.05, 0) is 37.5 Å². The van der Waals surface area contributed by atoms with Gasteiger partial charge in [-0.1, -0.05) is 24.3 Å². The van der Waals surface area contributed by atoms with Crippen LogP contribution < -0.4 is 5.32 Å². The number of aryl methyl sites for hydroxylation is 2. The zero-order valence-electron chi connectivity index (χ0n) is 14.1. The number of hydrogen-bond donors (Lipinski definition) is 1. The van der Waals surface area contributed by atoms with Crippen molar-refractivity contribution in [2.45, 2.75) is 33.4 Å². The second-order valence-electron chi connectivity index (χ2n) is 6.02. The molecule has 1 amide bonds. The van der Waals surface area contributed by atoms with Crippen molar-refractivity contribution in [3.8, 4) is 0 Å². The normalized spacial score (nSPS) is 12.1. The Morgan fingerprint density at radius 3 is 2.67 bits per heavy atom. The Hall–Kier alpha value is -2.89. The highest BCUT2D eigenvalue weighted by Crippen LogP contribution is 2.14. The Kier molecular flexibility index (Phi) is 4.46. The molecule has 0 radical (unpaired) electrons. The lowest BCUT2D eigenvalue weighted by atomic mass is 10.1. The van der Waals surface area contributed by atoms with E-state index in [4.69, 9.17) is 0 Å². The number of aromatic nitrogens is 4. The fourth-order valence-electron chi connectivity index (χ4n) is 2.49. The number of rotatable bonds is 5. The highest BCUT2D eigenvalue weighted by molar-refractivity contribution is 5.93. The molecule has 2 aromatic heterocycles. The SMILES string of the molecule is Cc1cnn(C(C)C(=O)Nc2cnn(Cc3ccccc3C)c2)c1. The summed E-state index contributed by atoms with van der Waals surface area (Å²) in [5.41, 5.74) is 4.14. The molecule has 0 saturated carbocycles. The predicted molar refractivity (Wildman–Crippen MR) is 92.8 cm³/mol. The number of anilines is 1. The molecule has 0 bridgehead atoms. The molecule has 0 aliphatic rings. The molecule has 124 valence electrons. The van der Waals surface area contributed by atoms with Crippen molar-refractivity contribution < 1.29 is 4.79 Å². The highest BCUT2D eigenvalue weighted by atomic mass is 16.2. The lowest BCUT2D eigenvalue weighted by Crippen LogP contribution is -2.23. The summed E-state index contributed by atoms with van der Waals surface area (Å²) in [7, 11) is 0. The summed E-state index contributed by atoms with van der Waals surface area (Å²) >= 11 is 0. The van der Waals surface area contributed by atoms with Crippen molar-refractivity contribution in [3.63, 3.8) is 0 Å². The average molecular weight is 323 g/mol. The van der Waals surface area contributed by atoms with E-state index in [1.807, 2.05) is 43.1 Å². The molecule has 3 rings (SSSR count). The van der Waals surface area contributed by atoms with Crippen LogP contribution >= 0.6 is 0 Å². The molecule has 6 nitrogen and oxygen atoms in total. The Labute approximate surface area is 141 Å². The number of benzene rings is 1. The minimum atomic E-state index is -0.376. The predicted octanol–water partition coefficient (Wildman–Crippen LogP) is 2.94. The molecule has 1 atom stereocenters. The second-order valence-corrected chi connectivity index (χ2v) is 6.02. The molecule has 0 spiro atoms. The van der Waals surface area contributed by atoms with Gasteiger partial charge in [-0.3, -0.25) is 14.2 Å². The Morgan fingerprint density at radius 2 is 1.96 bits per heavy atom. The molecule has 1 aromatic carbocycles. The Morgan fingerprint density at radius 1 is 1.17 bits per heavy atom. The molecule has 3 aromatic rings. The van der Waals surface area contributed by atoms with E-state index >= 15 is 0 Å². The highest BCUT2D eigenvalue weighted by Gasteiger charge is 2.16. The lowest BCUT2D eigenvalue weighted by molar-refractivity contribution is -0.119. The largest absolute Gasteiger partial charge is 0.322 e. The van der Waals surface area contributed by atoms with Gasteiger partial charge in [0, 0.05) is 12.4 Å². The van der Waals surface area contributed by atoms with Crippen molar-refractivity contribution in [2.24, 2.45) is 0 Å². The van der Waals surface area contributed by atoms with Crippen LogP contribution in [0.15, 0.2) is 49.1 Å². The third-order valence-corrected chi connectivity index (χ3v) is 4.00. The number of carbonyl (C=O) groups is 1. The van der Waals surface area contributed by atoms with E-state index in [9.17, 15) is 4.79 Å². The maximum absolute atomic E-state index is 12.3. The Bertz CT molecular complexity index is 848. The topological polar surface area (TPSA) is 64.7 Å². The zero-order chi connectivity index (χ0) is 17.1. The number of hydrogen-bond acceptors (Lipinski definition) is 3. The molecular formula is C18H21N5O. The summed E-state index contributed by atoms with van der Waals surface area (Å²) in [6.45, 7) is 6.52. The van der Waals surface area contributed by atoms with Gasteiger partial charge in [-0.15, -0.1) is 0 Å². The van der Waals surface area contributed by atoms with Crippen LogP contribution in [0.25, 0.3) is 0 Å². The third kappa shape index (κ3) is 3.53. The first-order valence-electron chi connectivity index (χ1n) is 7.91. The standard InChI is InChI=1S/C18H21N5O/c1-13-8-20-23(10-13)15(3)18(24)21-17-9-19-22(12-17)11-16-7-5-4-6-14(16)2/h4-10,12,15H,11H2,1-3H3,(H,21,24). The average Bonchev–Trinajstić information content (AvgIpc) is 3.18. The molecule has 1 unspecified atom stereocenters. The molecule has 0 fully saturated rings. The quantitative estimate of drug-likeness (QED) is 0.785.